The topological polar surface area (TPSA) is 53.1 Å². The van der Waals surface area contributed by atoms with Crippen LogP contribution in [0.15, 0.2) is 24.3 Å². The number of hydrogen-bond donors (Lipinski definition) is 0. The fraction of sp³-hybridized carbons (Fsp3) is 0.680. The predicted octanol–water partition coefficient (Wildman–Crippen LogP) is 3.23. The second kappa shape index (κ2) is 10.8. The first-order valence-corrected chi connectivity index (χ1v) is 12.1. The molecule has 0 aliphatic carbocycles. The number of hydrogen-bond acceptors (Lipinski definition) is 4. The van der Waals surface area contributed by atoms with E-state index in [9.17, 15) is 14.0 Å². The van der Waals surface area contributed by atoms with E-state index < -0.39 is 0 Å². The third kappa shape index (κ3) is 5.15. The Morgan fingerprint density at radius 2 is 1.72 bits per heavy atom. The first-order valence-electron chi connectivity index (χ1n) is 12.1. The van der Waals surface area contributed by atoms with Gasteiger partial charge in [0.1, 0.15) is 5.82 Å². The predicted molar refractivity (Wildman–Crippen MR) is 120 cm³/mol. The SMILES string of the molecule is COCCN1C(=O)CC[C@@H](C(=O)N2CCC(N3CCCCC3)CC2)[C@@H]1c1ccc(F)cc1. The van der Waals surface area contributed by atoms with Gasteiger partial charge in [-0.2, -0.15) is 0 Å². The molecule has 2 amide bonds. The molecule has 0 unspecified atom stereocenters. The van der Waals surface area contributed by atoms with E-state index in [0.29, 0.717) is 32.0 Å². The van der Waals surface area contributed by atoms with E-state index in [1.807, 2.05) is 4.90 Å². The van der Waals surface area contributed by atoms with Gasteiger partial charge in [-0.15, -0.1) is 0 Å². The smallest absolute Gasteiger partial charge is 0.228 e. The highest BCUT2D eigenvalue weighted by atomic mass is 19.1. The average Bonchev–Trinajstić information content (AvgIpc) is 2.84. The summed E-state index contributed by atoms with van der Waals surface area (Å²) in [6, 6.07) is 6.45. The third-order valence-electron chi connectivity index (χ3n) is 7.45. The zero-order valence-electron chi connectivity index (χ0n) is 19.2. The van der Waals surface area contributed by atoms with E-state index in [1.54, 1.807) is 24.1 Å². The summed E-state index contributed by atoms with van der Waals surface area (Å²) in [5.74, 6) is -0.459. The van der Waals surface area contributed by atoms with E-state index in [-0.39, 0.29) is 29.6 Å². The number of methoxy groups -OCH3 is 1. The highest BCUT2D eigenvalue weighted by molar-refractivity contribution is 5.85. The van der Waals surface area contributed by atoms with Gasteiger partial charge in [0.05, 0.1) is 18.6 Å². The van der Waals surface area contributed by atoms with Gasteiger partial charge in [0, 0.05) is 39.2 Å². The number of likely N-dealkylation sites (tertiary alicyclic amines) is 3. The van der Waals surface area contributed by atoms with Crippen LogP contribution < -0.4 is 0 Å². The zero-order chi connectivity index (χ0) is 22.5. The Morgan fingerprint density at radius 1 is 1.03 bits per heavy atom. The second-order valence-electron chi connectivity index (χ2n) is 9.37. The third-order valence-corrected chi connectivity index (χ3v) is 7.45. The van der Waals surface area contributed by atoms with Gasteiger partial charge in [0.15, 0.2) is 0 Å². The van der Waals surface area contributed by atoms with Gasteiger partial charge in [-0.05, 0) is 62.9 Å². The van der Waals surface area contributed by atoms with Gasteiger partial charge in [-0.3, -0.25) is 9.59 Å². The van der Waals surface area contributed by atoms with E-state index in [4.69, 9.17) is 4.74 Å². The molecule has 3 heterocycles. The normalized spacial score (nSPS) is 25.9. The monoisotopic (exact) mass is 445 g/mol. The van der Waals surface area contributed by atoms with Crippen LogP contribution in [0.2, 0.25) is 0 Å². The lowest BCUT2D eigenvalue weighted by Gasteiger charge is -2.44. The molecule has 0 aromatic heterocycles. The minimum absolute atomic E-state index is 0.0317. The van der Waals surface area contributed by atoms with Crippen LogP contribution in [0.5, 0.6) is 0 Å². The molecule has 3 saturated heterocycles. The number of piperidine rings is 3. The summed E-state index contributed by atoms with van der Waals surface area (Å²) in [5, 5.41) is 0. The second-order valence-corrected chi connectivity index (χ2v) is 9.37. The van der Waals surface area contributed by atoms with Crippen molar-refractivity contribution in [3.8, 4) is 0 Å². The molecule has 7 heteroatoms. The molecule has 2 atom stereocenters. The molecule has 176 valence electrons. The number of carbonyl (C=O) groups is 2. The summed E-state index contributed by atoms with van der Waals surface area (Å²) < 4.78 is 18.8. The standard InChI is InChI=1S/C25H36FN3O3/c1-32-18-17-29-23(30)10-9-22(24(29)19-5-7-20(26)8-6-19)25(31)28-15-11-21(12-16-28)27-13-3-2-4-14-27/h5-8,21-22,24H,2-4,9-18H2,1H3/t22-,24+/m1/s1. The van der Waals surface area contributed by atoms with E-state index >= 15 is 0 Å². The Hall–Kier alpha value is -1.99. The number of amides is 2. The molecule has 0 spiro atoms. The maximum atomic E-state index is 13.7. The quantitative estimate of drug-likeness (QED) is 0.675. The van der Waals surface area contributed by atoms with Gasteiger partial charge < -0.3 is 19.4 Å². The van der Waals surface area contributed by atoms with Crippen molar-refractivity contribution in [1.82, 2.24) is 14.7 Å². The van der Waals surface area contributed by atoms with Crippen molar-refractivity contribution < 1.29 is 18.7 Å². The maximum absolute atomic E-state index is 13.7. The van der Waals surface area contributed by atoms with Gasteiger partial charge >= 0.3 is 0 Å². The van der Waals surface area contributed by atoms with Crippen molar-refractivity contribution >= 4 is 11.8 Å². The molecule has 0 radical (unpaired) electrons. The highest BCUT2D eigenvalue weighted by Crippen LogP contribution is 2.38. The van der Waals surface area contributed by atoms with Crippen molar-refractivity contribution in [3.63, 3.8) is 0 Å². The first kappa shape index (κ1) is 23.2. The largest absolute Gasteiger partial charge is 0.383 e. The van der Waals surface area contributed by atoms with Gasteiger partial charge in [0.25, 0.3) is 0 Å². The molecule has 0 saturated carbocycles. The molecular weight excluding hydrogens is 409 g/mol. The Kier molecular flexibility index (Phi) is 7.79. The van der Waals surface area contributed by atoms with Crippen LogP contribution in [0, 0.1) is 11.7 Å². The molecule has 6 nitrogen and oxygen atoms in total. The Balaban J connectivity index is 1.48. The van der Waals surface area contributed by atoms with E-state index in [2.05, 4.69) is 4.90 Å². The number of ether oxygens (including phenoxy) is 1. The summed E-state index contributed by atoms with van der Waals surface area (Å²) in [4.78, 5) is 32.8. The molecule has 3 aliphatic heterocycles. The average molecular weight is 446 g/mol. The van der Waals surface area contributed by atoms with Crippen molar-refractivity contribution in [2.45, 2.75) is 57.0 Å². The lowest BCUT2D eigenvalue weighted by molar-refractivity contribution is -0.149. The van der Waals surface area contributed by atoms with Crippen molar-refractivity contribution in [3.05, 3.63) is 35.6 Å². The summed E-state index contributed by atoms with van der Waals surface area (Å²) >= 11 is 0. The molecule has 4 rings (SSSR count). The number of benzene rings is 1. The van der Waals surface area contributed by atoms with Crippen molar-refractivity contribution in [1.29, 1.82) is 0 Å². The summed E-state index contributed by atoms with van der Waals surface area (Å²) in [5.41, 5.74) is 0.817. The fourth-order valence-corrected chi connectivity index (χ4v) is 5.71. The van der Waals surface area contributed by atoms with Crippen LogP contribution in [0.3, 0.4) is 0 Å². The molecule has 0 N–H and O–H groups in total. The van der Waals surface area contributed by atoms with Crippen LogP contribution in [0.25, 0.3) is 0 Å². The molecule has 3 fully saturated rings. The summed E-state index contributed by atoms with van der Waals surface area (Å²) in [7, 11) is 1.61. The number of carbonyl (C=O) groups excluding carboxylic acids is 2. The first-order chi connectivity index (χ1) is 15.6. The minimum atomic E-state index is -0.376. The van der Waals surface area contributed by atoms with Crippen molar-refractivity contribution in [2.75, 3.05) is 46.4 Å². The molecule has 0 bridgehead atoms. The van der Waals surface area contributed by atoms with Crippen LogP contribution in [0.4, 0.5) is 4.39 Å². The lowest BCUT2D eigenvalue weighted by atomic mass is 9.82. The van der Waals surface area contributed by atoms with E-state index in [1.165, 1.54) is 44.5 Å². The fourth-order valence-electron chi connectivity index (χ4n) is 5.71. The van der Waals surface area contributed by atoms with Crippen molar-refractivity contribution in [2.24, 2.45) is 5.92 Å². The van der Waals surface area contributed by atoms with E-state index in [0.717, 1.165) is 31.5 Å². The highest BCUT2D eigenvalue weighted by Gasteiger charge is 2.42. The van der Waals surface area contributed by atoms with Gasteiger partial charge in [-0.1, -0.05) is 18.6 Å². The van der Waals surface area contributed by atoms with Crippen LogP contribution in [-0.2, 0) is 14.3 Å². The van der Waals surface area contributed by atoms with Crippen LogP contribution >= 0.6 is 0 Å². The Morgan fingerprint density at radius 3 is 2.38 bits per heavy atom. The van der Waals surface area contributed by atoms with Gasteiger partial charge in [0.2, 0.25) is 11.8 Å². The summed E-state index contributed by atoms with van der Waals surface area (Å²) in [6.07, 6.45) is 6.84. The molecule has 32 heavy (non-hydrogen) atoms. The lowest BCUT2D eigenvalue weighted by Crippen LogP contribution is -2.53. The van der Waals surface area contributed by atoms with Crippen LogP contribution in [-0.4, -0.2) is 79.0 Å². The number of nitrogens with zero attached hydrogens (tertiary/aromatic N) is 3. The molecule has 3 aliphatic rings. The zero-order valence-corrected chi connectivity index (χ0v) is 19.2. The number of rotatable bonds is 6. The summed E-state index contributed by atoms with van der Waals surface area (Å²) in [6.45, 7) is 4.76. The maximum Gasteiger partial charge on any atom is 0.228 e. The molecular formula is C25H36FN3O3. The minimum Gasteiger partial charge on any atom is -0.383 e. The number of halogens is 1. The Bertz CT molecular complexity index is 773. The molecule has 1 aromatic rings. The Labute approximate surface area is 190 Å². The molecule has 1 aromatic carbocycles. The van der Waals surface area contributed by atoms with Crippen LogP contribution in [0.1, 0.15) is 56.6 Å². The van der Waals surface area contributed by atoms with Gasteiger partial charge in [-0.25, -0.2) is 4.39 Å².